The van der Waals surface area contributed by atoms with Crippen LogP contribution < -0.4 is 9.47 Å². The van der Waals surface area contributed by atoms with Crippen molar-refractivity contribution in [1.82, 2.24) is 9.55 Å². The van der Waals surface area contributed by atoms with Crippen LogP contribution in [0, 0.1) is 0 Å². The predicted molar refractivity (Wildman–Crippen MR) is 73.3 cm³/mol. The molecule has 1 aliphatic rings. The second-order valence-electron chi connectivity index (χ2n) is 4.25. The van der Waals surface area contributed by atoms with Crippen LogP contribution in [0.1, 0.15) is 5.69 Å². The predicted octanol–water partition coefficient (Wildman–Crippen LogP) is 2.11. The van der Waals surface area contributed by atoms with Gasteiger partial charge in [0, 0.05) is 12.6 Å². The summed E-state index contributed by atoms with van der Waals surface area (Å²) in [5, 5.41) is 9.32. The maximum atomic E-state index is 9.32. The number of benzene rings is 1. The fraction of sp³-hybridized carbons (Fsp3) is 0.308. The molecule has 6 heteroatoms. The zero-order valence-electron chi connectivity index (χ0n) is 10.4. The number of halogens is 1. The van der Waals surface area contributed by atoms with Gasteiger partial charge < -0.3 is 19.1 Å². The molecular formula is C13H13BrN2O3. The molecule has 0 aliphatic carbocycles. The lowest BCUT2D eigenvalue weighted by molar-refractivity contribution is 0.171. The molecule has 2 heterocycles. The van der Waals surface area contributed by atoms with Crippen molar-refractivity contribution < 1.29 is 14.6 Å². The average molecular weight is 325 g/mol. The lowest BCUT2D eigenvalue weighted by Crippen LogP contribution is -2.15. The Hall–Kier alpha value is -1.53. The Labute approximate surface area is 118 Å². The number of imidazole rings is 1. The summed E-state index contributed by atoms with van der Waals surface area (Å²) in [5.41, 5.74) is 1.66. The average Bonchev–Trinajstić information content (AvgIpc) is 2.73. The summed E-state index contributed by atoms with van der Waals surface area (Å²) in [6, 6.07) is 5.72. The highest BCUT2D eigenvalue weighted by atomic mass is 79.9. The summed E-state index contributed by atoms with van der Waals surface area (Å²) in [5.74, 6) is 2.26. The third-order valence-electron chi connectivity index (χ3n) is 3.11. The smallest absolute Gasteiger partial charge is 0.162 e. The molecule has 2 aromatic rings. The first-order valence-electron chi connectivity index (χ1n) is 5.92. The quantitative estimate of drug-likeness (QED) is 0.919. The molecule has 1 aliphatic heterocycles. The van der Waals surface area contributed by atoms with E-state index in [9.17, 15) is 5.11 Å². The van der Waals surface area contributed by atoms with Crippen LogP contribution in [0.5, 0.6) is 11.5 Å². The Bertz CT molecular complexity index is 625. The fourth-order valence-electron chi connectivity index (χ4n) is 2.11. The highest BCUT2D eigenvalue weighted by molar-refractivity contribution is 9.10. The Kier molecular flexibility index (Phi) is 3.20. The second kappa shape index (κ2) is 4.86. The summed E-state index contributed by atoms with van der Waals surface area (Å²) in [4.78, 5) is 4.42. The molecule has 0 amide bonds. The van der Waals surface area contributed by atoms with E-state index in [4.69, 9.17) is 9.47 Å². The standard InChI is InChI=1S/C13H13BrN2O3/c1-16-9(7-17)12(14)15-13(16)8-2-3-10-11(6-8)19-5-4-18-10/h2-3,6,17H,4-5,7H2,1H3. The Morgan fingerprint density at radius 3 is 2.74 bits per heavy atom. The molecule has 0 saturated heterocycles. The van der Waals surface area contributed by atoms with Gasteiger partial charge in [-0.2, -0.15) is 0 Å². The van der Waals surface area contributed by atoms with E-state index >= 15 is 0 Å². The molecule has 0 radical (unpaired) electrons. The van der Waals surface area contributed by atoms with Crippen LogP contribution in [0.2, 0.25) is 0 Å². The monoisotopic (exact) mass is 324 g/mol. The van der Waals surface area contributed by atoms with Crippen LogP contribution in [0.15, 0.2) is 22.8 Å². The number of ether oxygens (including phenoxy) is 2. The highest BCUT2D eigenvalue weighted by Gasteiger charge is 2.17. The van der Waals surface area contributed by atoms with E-state index in [0.29, 0.717) is 17.8 Å². The number of nitrogens with zero attached hydrogens (tertiary/aromatic N) is 2. The van der Waals surface area contributed by atoms with Crippen molar-refractivity contribution in [3.8, 4) is 22.9 Å². The van der Waals surface area contributed by atoms with E-state index in [1.807, 2.05) is 29.8 Å². The molecule has 1 aromatic carbocycles. The van der Waals surface area contributed by atoms with Gasteiger partial charge >= 0.3 is 0 Å². The van der Waals surface area contributed by atoms with Crippen LogP contribution in [0.3, 0.4) is 0 Å². The van der Waals surface area contributed by atoms with E-state index in [-0.39, 0.29) is 6.61 Å². The first kappa shape index (κ1) is 12.5. The summed E-state index contributed by atoms with van der Waals surface area (Å²) < 4.78 is 13.6. The maximum Gasteiger partial charge on any atom is 0.162 e. The number of rotatable bonds is 2. The zero-order chi connectivity index (χ0) is 13.4. The number of fused-ring (bicyclic) bond motifs is 1. The van der Waals surface area contributed by atoms with Crippen molar-refractivity contribution in [2.24, 2.45) is 7.05 Å². The van der Waals surface area contributed by atoms with Crippen molar-refractivity contribution in [3.05, 3.63) is 28.5 Å². The molecule has 0 spiro atoms. The van der Waals surface area contributed by atoms with Gasteiger partial charge in [-0.3, -0.25) is 0 Å². The molecule has 1 aromatic heterocycles. The van der Waals surface area contributed by atoms with Crippen molar-refractivity contribution in [3.63, 3.8) is 0 Å². The first-order valence-corrected chi connectivity index (χ1v) is 6.72. The third kappa shape index (κ3) is 2.11. The van der Waals surface area contributed by atoms with Gasteiger partial charge in [-0.05, 0) is 34.1 Å². The van der Waals surface area contributed by atoms with Gasteiger partial charge in [0.25, 0.3) is 0 Å². The Morgan fingerprint density at radius 2 is 2.05 bits per heavy atom. The number of aromatic nitrogens is 2. The van der Waals surface area contributed by atoms with Crippen molar-refractivity contribution in [2.45, 2.75) is 6.61 Å². The molecule has 0 fully saturated rings. The van der Waals surface area contributed by atoms with Crippen molar-refractivity contribution in [2.75, 3.05) is 13.2 Å². The molecule has 19 heavy (non-hydrogen) atoms. The summed E-state index contributed by atoms with van der Waals surface area (Å²) in [6.07, 6.45) is 0. The van der Waals surface area contributed by atoms with E-state index in [0.717, 1.165) is 28.6 Å². The van der Waals surface area contributed by atoms with Gasteiger partial charge in [-0.1, -0.05) is 0 Å². The van der Waals surface area contributed by atoms with Gasteiger partial charge in [0.1, 0.15) is 23.6 Å². The zero-order valence-corrected chi connectivity index (χ0v) is 12.0. The summed E-state index contributed by atoms with van der Waals surface area (Å²) in [6.45, 7) is 1.08. The molecular weight excluding hydrogens is 312 g/mol. The first-order chi connectivity index (χ1) is 9.20. The lowest BCUT2D eigenvalue weighted by atomic mass is 10.2. The van der Waals surface area contributed by atoms with E-state index in [2.05, 4.69) is 20.9 Å². The third-order valence-corrected chi connectivity index (χ3v) is 3.75. The molecule has 0 bridgehead atoms. The summed E-state index contributed by atoms with van der Waals surface area (Å²) >= 11 is 3.35. The topological polar surface area (TPSA) is 56.5 Å². The fourth-order valence-corrected chi connectivity index (χ4v) is 2.67. The van der Waals surface area contributed by atoms with E-state index < -0.39 is 0 Å². The van der Waals surface area contributed by atoms with E-state index in [1.165, 1.54) is 0 Å². The normalized spacial score (nSPS) is 13.6. The van der Waals surface area contributed by atoms with Crippen molar-refractivity contribution in [1.29, 1.82) is 0 Å². The Morgan fingerprint density at radius 1 is 1.32 bits per heavy atom. The summed E-state index contributed by atoms with van der Waals surface area (Å²) in [7, 11) is 1.87. The second-order valence-corrected chi connectivity index (χ2v) is 5.00. The van der Waals surface area contributed by atoms with Crippen LogP contribution in [0.25, 0.3) is 11.4 Å². The largest absolute Gasteiger partial charge is 0.486 e. The SMILES string of the molecule is Cn1c(-c2ccc3c(c2)OCCO3)nc(Br)c1CO. The van der Waals surface area contributed by atoms with Gasteiger partial charge in [0.05, 0.1) is 12.3 Å². The maximum absolute atomic E-state index is 9.32. The van der Waals surface area contributed by atoms with Gasteiger partial charge in [0.15, 0.2) is 11.5 Å². The molecule has 0 unspecified atom stereocenters. The number of hydrogen-bond acceptors (Lipinski definition) is 4. The van der Waals surface area contributed by atoms with Crippen LogP contribution >= 0.6 is 15.9 Å². The number of aliphatic hydroxyl groups excluding tert-OH is 1. The van der Waals surface area contributed by atoms with Crippen LogP contribution in [-0.4, -0.2) is 27.9 Å². The molecule has 3 rings (SSSR count). The van der Waals surface area contributed by atoms with Crippen LogP contribution in [-0.2, 0) is 13.7 Å². The minimum atomic E-state index is -0.0609. The minimum Gasteiger partial charge on any atom is -0.486 e. The minimum absolute atomic E-state index is 0.0609. The molecule has 0 saturated carbocycles. The van der Waals surface area contributed by atoms with E-state index in [1.54, 1.807) is 0 Å². The van der Waals surface area contributed by atoms with Gasteiger partial charge in [-0.25, -0.2) is 4.98 Å². The highest BCUT2D eigenvalue weighted by Crippen LogP contribution is 2.35. The number of aliphatic hydroxyl groups is 1. The Balaban J connectivity index is 2.07. The lowest BCUT2D eigenvalue weighted by Gasteiger charge is -2.18. The van der Waals surface area contributed by atoms with Crippen LogP contribution in [0.4, 0.5) is 0 Å². The molecule has 1 N–H and O–H groups in total. The number of hydrogen-bond donors (Lipinski definition) is 1. The van der Waals surface area contributed by atoms with Gasteiger partial charge in [0.2, 0.25) is 0 Å². The van der Waals surface area contributed by atoms with Crippen molar-refractivity contribution >= 4 is 15.9 Å². The molecule has 0 atom stereocenters. The molecule has 5 nitrogen and oxygen atoms in total. The molecule has 100 valence electrons. The van der Waals surface area contributed by atoms with Gasteiger partial charge in [-0.15, -0.1) is 0 Å².